The third-order valence-electron chi connectivity index (χ3n) is 3.42. The minimum atomic E-state index is -3.83. The van der Waals surface area contributed by atoms with Crippen LogP contribution in [0.25, 0.3) is 11.5 Å². The van der Waals surface area contributed by atoms with Gasteiger partial charge in [0.1, 0.15) is 5.82 Å². The lowest BCUT2D eigenvalue weighted by molar-refractivity contribution is 0.494. The molecule has 0 aliphatic carbocycles. The van der Waals surface area contributed by atoms with E-state index in [1.807, 2.05) is 0 Å². The van der Waals surface area contributed by atoms with Gasteiger partial charge in [-0.25, -0.2) is 17.5 Å². The summed E-state index contributed by atoms with van der Waals surface area (Å²) in [6, 6.07) is 10.5. The van der Waals surface area contributed by atoms with E-state index in [4.69, 9.17) is 16.0 Å². The summed E-state index contributed by atoms with van der Waals surface area (Å²) >= 11 is 6.06. The van der Waals surface area contributed by atoms with E-state index in [9.17, 15) is 12.8 Å². The predicted octanol–water partition coefficient (Wildman–Crippen LogP) is 3.32. The van der Waals surface area contributed by atoms with Gasteiger partial charge in [-0.2, -0.15) is 0 Å². The number of rotatable bonds is 5. The van der Waals surface area contributed by atoms with Crippen molar-refractivity contribution in [1.82, 2.24) is 14.9 Å². The summed E-state index contributed by atoms with van der Waals surface area (Å²) in [4.78, 5) is -0.0442. The van der Waals surface area contributed by atoms with Crippen LogP contribution < -0.4 is 4.72 Å². The summed E-state index contributed by atoms with van der Waals surface area (Å²) in [6.07, 6.45) is 0. The van der Waals surface area contributed by atoms with Gasteiger partial charge < -0.3 is 4.42 Å². The zero-order valence-corrected chi connectivity index (χ0v) is 14.6. The Kier molecular flexibility index (Phi) is 4.85. The van der Waals surface area contributed by atoms with Crippen LogP contribution in [-0.4, -0.2) is 18.6 Å². The van der Waals surface area contributed by atoms with Crippen molar-refractivity contribution in [2.75, 3.05) is 0 Å². The monoisotopic (exact) mass is 381 g/mol. The highest BCUT2D eigenvalue weighted by Crippen LogP contribution is 2.26. The Bertz CT molecular complexity index is 1020. The molecule has 1 N–H and O–H groups in total. The van der Waals surface area contributed by atoms with Crippen molar-refractivity contribution in [3.63, 3.8) is 0 Å². The van der Waals surface area contributed by atoms with Crippen LogP contribution in [-0.2, 0) is 16.6 Å². The molecule has 3 aromatic rings. The summed E-state index contributed by atoms with van der Waals surface area (Å²) in [5.74, 6) is -0.199. The topological polar surface area (TPSA) is 85.1 Å². The highest BCUT2D eigenvalue weighted by molar-refractivity contribution is 7.89. The van der Waals surface area contributed by atoms with E-state index >= 15 is 0 Å². The van der Waals surface area contributed by atoms with Crippen molar-refractivity contribution in [2.45, 2.75) is 18.4 Å². The van der Waals surface area contributed by atoms with Crippen LogP contribution in [0.15, 0.2) is 51.8 Å². The standard InChI is InChI=1S/C16H13ClFN3O3S/c1-10-8-11(6-7-14(10)18)25(22,23)19-9-15-20-21-16(24-15)12-4-2-3-5-13(12)17/h2-8,19H,9H2,1H3. The molecule has 0 aliphatic rings. The van der Waals surface area contributed by atoms with Gasteiger partial charge in [-0.1, -0.05) is 23.7 Å². The van der Waals surface area contributed by atoms with Crippen LogP contribution in [0.5, 0.6) is 0 Å². The summed E-state index contributed by atoms with van der Waals surface area (Å²) in [5.41, 5.74) is 0.793. The van der Waals surface area contributed by atoms with Gasteiger partial charge in [0, 0.05) is 0 Å². The number of nitrogens with one attached hydrogen (secondary N) is 1. The highest BCUT2D eigenvalue weighted by atomic mass is 35.5. The second-order valence-corrected chi connectivity index (χ2v) is 7.39. The zero-order valence-electron chi connectivity index (χ0n) is 13.0. The Hall–Kier alpha value is -2.29. The molecule has 0 unspecified atom stereocenters. The van der Waals surface area contributed by atoms with Crippen LogP contribution in [0.1, 0.15) is 11.5 Å². The Morgan fingerprint density at radius 3 is 2.68 bits per heavy atom. The van der Waals surface area contributed by atoms with E-state index in [0.29, 0.717) is 10.6 Å². The fourth-order valence-electron chi connectivity index (χ4n) is 2.09. The summed E-state index contributed by atoms with van der Waals surface area (Å²) in [6.45, 7) is 1.29. The SMILES string of the molecule is Cc1cc(S(=O)(=O)NCc2nnc(-c3ccccc3Cl)o2)ccc1F. The smallest absolute Gasteiger partial charge is 0.249 e. The molecule has 0 saturated heterocycles. The van der Waals surface area contributed by atoms with Crippen LogP contribution >= 0.6 is 11.6 Å². The second kappa shape index (κ2) is 6.91. The first-order valence-corrected chi connectivity index (χ1v) is 9.06. The maximum atomic E-state index is 13.3. The first-order valence-electron chi connectivity index (χ1n) is 7.20. The van der Waals surface area contributed by atoms with E-state index in [1.165, 1.54) is 19.1 Å². The molecule has 3 rings (SSSR count). The molecule has 1 heterocycles. The van der Waals surface area contributed by atoms with Gasteiger partial charge >= 0.3 is 0 Å². The maximum Gasteiger partial charge on any atom is 0.249 e. The first-order chi connectivity index (χ1) is 11.9. The molecule has 130 valence electrons. The van der Waals surface area contributed by atoms with Crippen molar-refractivity contribution < 1.29 is 17.2 Å². The van der Waals surface area contributed by atoms with E-state index < -0.39 is 15.8 Å². The molecule has 25 heavy (non-hydrogen) atoms. The molecule has 0 saturated carbocycles. The average Bonchev–Trinajstić information content (AvgIpc) is 3.05. The molecule has 9 heteroatoms. The Morgan fingerprint density at radius 1 is 1.20 bits per heavy atom. The molecule has 0 atom stereocenters. The average molecular weight is 382 g/mol. The molecule has 0 amide bonds. The number of benzene rings is 2. The van der Waals surface area contributed by atoms with E-state index in [1.54, 1.807) is 24.3 Å². The van der Waals surface area contributed by atoms with Gasteiger partial charge in [0.15, 0.2) is 0 Å². The third kappa shape index (κ3) is 3.87. The molecule has 0 fully saturated rings. The third-order valence-corrected chi connectivity index (χ3v) is 5.15. The van der Waals surface area contributed by atoms with Gasteiger partial charge in [0.2, 0.25) is 21.8 Å². The lowest BCUT2D eigenvalue weighted by Crippen LogP contribution is -2.23. The molecule has 6 nitrogen and oxygen atoms in total. The molecule has 0 bridgehead atoms. The van der Waals surface area contributed by atoms with Crippen LogP contribution in [0.2, 0.25) is 5.02 Å². The fourth-order valence-corrected chi connectivity index (χ4v) is 3.37. The Balaban J connectivity index is 1.75. The Labute approximate surface area is 148 Å². The number of halogens is 2. The van der Waals surface area contributed by atoms with E-state index in [-0.39, 0.29) is 28.8 Å². The summed E-state index contributed by atoms with van der Waals surface area (Å²) in [5, 5.41) is 8.11. The van der Waals surface area contributed by atoms with Crippen molar-refractivity contribution in [1.29, 1.82) is 0 Å². The fraction of sp³-hybridized carbons (Fsp3) is 0.125. The first kappa shape index (κ1) is 17.5. The van der Waals surface area contributed by atoms with Gasteiger partial charge in [-0.15, -0.1) is 10.2 Å². The summed E-state index contributed by atoms with van der Waals surface area (Å²) < 4.78 is 45.6. The second-order valence-electron chi connectivity index (χ2n) is 5.22. The van der Waals surface area contributed by atoms with E-state index in [0.717, 1.165) is 6.07 Å². The minimum Gasteiger partial charge on any atom is -0.419 e. The molecular formula is C16H13ClFN3O3S. The predicted molar refractivity (Wildman–Crippen MR) is 89.9 cm³/mol. The summed E-state index contributed by atoms with van der Waals surface area (Å²) in [7, 11) is -3.83. The number of aryl methyl sites for hydroxylation is 1. The highest BCUT2D eigenvalue weighted by Gasteiger charge is 2.17. The quantitative estimate of drug-likeness (QED) is 0.732. The van der Waals surface area contributed by atoms with Gasteiger partial charge in [0.25, 0.3) is 0 Å². The van der Waals surface area contributed by atoms with Gasteiger partial charge in [-0.3, -0.25) is 0 Å². The lowest BCUT2D eigenvalue weighted by atomic mass is 10.2. The Morgan fingerprint density at radius 2 is 1.96 bits per heavy atom. The molecule has 0 spiro atoms. The van der Waals surface area contributed by atoms with Crippen LogP contribution in [0.3, 0.4) is 0 Å². The minimum absolute atomic E-state index is 0.0442. The number of hydrogen-bond donors (Lipinski definition) is 1. The van der Waals surface area contributed by atoms with Crippen molar-refractivity contribution in [3.8, 4) is 11.5 Å². The molecule has 0 aliphatic heterocycles. The van der Waals surface area contributed by atoms with Crippen LogP contribution in [0.4, 0.5) is 4.39 Å². The van der Waals surface area contributed by atoms with Crippen LogP contribution in [0, 0.1) is 12.7 Å². The van der Waals surface area contributed by atoms with E-state index in [2.05, 4.69) is 14.9 Å². The zero-order chi connectivity index (χ0) is 18.0. The molecule has 1 aromatic heterocycles. The molecule has 2 aromatic carbocycles. The van der Waals surface area contributed by atoms with Gasteiger partial charge in [-0.05, 0) is 42.8 Å². The normalized spacial score (nSPS) is 11.6. The lowest BCUT2D eigenvalue weighted by Gasteiger charge is -2.06. The van der Waals surface area contributed by atoms with Crippen molar-refractivity contribution >= 4 is 21.6 Å². The largest absolute Gasteiger partial charge is 0.419 e. The van der Waals surface area contributed by atoms with Crippen molar-refractivity contribution in [3.05, 3.63) is 64.8 Å². The maximum absolute atomic E-state index is 13.3. The number of hydrogen-bond acceptors (Lipinski definition) is 5. The van der Waals surface area contributed by atoms with Gasteiger partial charge in [0.05, 0.1) is 22.0 Å². The number of sulfonamides is 1. The molecule has 0 radical (unpaired) electrons. The molecular weight excluding hydrogens is 369 g/mol. The van der Waals surface area contributed by atoms with Crippen molar-refractivity contribution in [2.24, 2.45) is 0 Å². The number of aromatic nitrogens is 2. The number of nitrogens with zero attached hydrogens (tertiary/aromatic N) is 2.